The largest absolute Gasteiger partial charge is 0.490 e. The number of aromatic amines is 1. The number of carbonyl (C=O) groups is 4. The van der Waals surface area contributed by atoms with Crippen LogP contribution in [0, 0.1) is 0 Å². The highest BCUT2D eigenvalue weighted by Crippen LogP contribution is 2.64. The van der Waals surface area contributed by atoms with Crippen molar-refractivity contribution in [1.29, 1.82) is 0 Å². The van der Waals surface area contributed by atoms with Crippen LogP contribution < -0.4 is 16.0 Å². The number of carboxylic acid groups (broad SMARTS) is 1. The smallest absolute Gasteiger partial charge is 0.475 e. The van der Waals surface area contributed by atoms with Gasteiger partial charge < -0.3 is 76.4 Å². The number of ether oxygens (including phenoxy) is 2. The summed E-state index contributed by atoms with van der Waals surface area (Å²) in [5, 5.41) is 93.5. The predicted molar refractivity (Wildman–Crippen MR) is 285 cm³/mol. The van der Waals surface area contributed by atoms with Crippen molar-refractivity contribution in [1.82, 2.24) is 25.9 Å². The predicted octanol–water partition coefficient (Wildman–Crippen LogP) is 7.25. The van der Waals surface area contributed by atoms with Gasteiger partial charge in [0.1, 0.15) is 48.8 Å². The van der Waals surface area contributed by atoms with Crippen LogP contribution in [0.5, 0.6) is 0 Å². The molecule has 1 aromatic heterocycles. The van der Waals surface area contributed by atoms with E-state index in [9.17, 15) is 139 Å². The number of hydrogen-bond donors (Lipinski definition) is 13. The molecule has 1 fully saturated rings. The molecular formula is C54H82F19N5O15. The van der Waals surface area contributed by atoms with Gasteiger partial charge in [0.05, 0.1) is 19.5 Å². The van der Waals surface area contributed by atoms with Crippen LogP contribution in [-0.2, 0) is 35.1 Å². The lowest BCUT2D eigenvalue weighted by Gasteiger charge is -2.43. The molecule has 0 radical (unpaired) electrons. The van der Waals surface area contributed by atoms with E-state index < -0.39 is 190 Å². The van der Waals surface area contributed by atoms with Gasteiger partial charge in [-0.15, -0.1) is 0 Å². The number of H-pyrrole nitrogens is 1. The minimum Gasteiger partial charge on any atom is -0.475 e. The van der Waals surface area contributed by atoms with E-state index in [-0.39, 0.29) is 25.7 Å². The summed E-state index contributed by atoms with van der Waals surface area (Å²) in [4.78, 5) is 53.9. The van der Waals surface area contributed by atoms with Crippen molar-refractivity contribution in [3.63, 3.8) is 0 Å². The number of nitrogens with one attached hydrogen (secondary N) is 4. The molecule has 39 heteroatoms. The zero-order valence-corrected chi connectivity index (χ0v) is 50.1. The lowest BCUT2D eigenvalue weighted by Crippen LogP contribution is -2.74. The number of halogens is 19. The van der Waals surface area contributed by atoms with Crippen molar-refractivity contribution in [2.24, 2.45) is 0 Å². The number of aliphatic hydroxyl groups excluding tert-OH is 8. The Hall–Kier alpha value is -4.64. The van der Waals surface area contributed by atoms with E-state index in [1.165, 1.54) is 49.9 Å². The molecule has 1 saturated heterocycles. The number of unbranched alkanes of at least 4 members (excludes halogenated alkanes) is 16. The standard InChI is InChI=1S/C52H81F16N5O13.C2HF3O2/c1-2-3-4-5-6-7-10-13-16-19-24-70-42(83)32(26-31-27-69-30-72-31)73-35(77)21-17-14-11-8-9-12-15-18-22-45(53,54)47(57,58)49(61,62)51(65,66)52(67,68)50(63,64)48(59,60)46(55,56)23-20-25-71-43(84)39(81)38(80)41(33(76)28-74)86-44-40(82)37(79)36(78)34(29-75)85-44;3-2(4,5)1(6)7/h27,30,32-34,36-41,44,74-76,78-82H,2-26,28-29H2,1H3,(H,69,72)(H,70,83)(H,71,84)(H,73,77);(H,6,7)/t32-,33+,34+,36-,37-,38+,39+,40+,41+,44-;/m0./s1. The first-order valence-electron chi connectivity index (χ1n) is 29.6. The second-order valence-electron chi connectivity index (χ2n) is 22.2. The van der Waals surface area contributed by atoms with Gasteiger partial charge in [0, 0.05) is 50.7 Å². The maximum absolute atomic E-state index is 14.6. The number of carboxylic acids is 1. The molecule has 0 saturated carbocycles. The molecule has 2 rings (SSSR count). The van der Waals surface area contributed by atoms with Crippen molar-refractivity contribution >= 4 is 23.7 Å². The fourth-order valence-electron chi connectivity index (χ4n) is 9.09. The molecule has 1 aliphatic rings. The van der Waals surface area contributed by atoms with Crippen LogP contribution in [-0.4, -0.2) is 221 Å². The van der Waals surface area contributed by atoms with Crippen molar-refractivity contribution in [3.8, 4) is 0 Å². The molecule has 20 nitrogen and oxygen atoms in total. The Morgan fingerprint density at radius 3 is 1.44 bits per heavy atom. The Morgan fingerprint density at radius 2 is 1.00 bits per heavy atom. The average molecular weight is 1400 g/mol. The molecular weight excluding hydrogens is 1320 g/mol. The van der Waals surface area contributed by atoms with Gasteiger partial charge in [-0.3, -0.25) is 14.4 Å². The van der Waals surface area contributed by atoms with Gasteiger partial charge >= 0.3 is 59.5 Å². The Bertz CT molecular complexity index is 2340. The third-order valence-electron chi connectivity index (χ3n) is 14.8. The molecule has 1 aliphatic heterocycles. The molecule has 546 valence electrons. The summed E-state index contributed by atoms with van der Waals surface area (Å²) < 4.78 is 276. The molecule has 93 heavy (non-hydrogen) atoms. The van der Waals surface area contributed by atoms with Gasteiger partial charge in [-0.2, -0.15) is 83.4 Å². The number of imidazole rings is 1. The van der Waals surface area contributed by atoms with Gasteiger partial charge in [0.25, 0.3) is 5.91 Å². The summed E-state index contributed by atoms with van der Waals surface area (Å²) in [5.41, 5.74) is 0.581. The quantitative estimate of drug-likeness (QED) is 0.0226. The van der Waals surface area contributed by atoms with E-state index in [1.807, 2.05) is 0 Å². The monoisotopic (exact) mass is 1400 g/mol. The van der Waals surface area contributed by atoms with Gasteiger partial charge in [0.15, 0.2) is 12.4 Å². The zero-order chi connectivity index (χ0) is 71.6. The molecule has 3 amide bonds. The van der Waals surface area contributed by atoms with E-state index >= 15 is 0 Å². The van der Waals surface area contributed by atoms with E-state index in [0.717, 1.165) is 32.1 Å². The number of aliphatic hydroxyl groups is 8. The molecule has 10 atom stereocenters. The van der Waals surface area contributed by atoms with Crippen molar-refractivity contribution in [2.45, 2.75) is 269 Å². The third kappa shape index (κ3) is 24.1. The molecule has 1 aromatic rings. The lowest BCUT2D eigenvalue weighted by atomic mass is 9.86. The number of nitrogens with zero attached hydrogens (tertiary/aromatic N) is 1. The van der Waals surface area contributed by atoms with Gasteiger partial charge in [-0.25, -0.2) is 9.78 Å². The summed E-state index contributed by atoms with van der Waals surface area (Å²) in [6, 6.07) is -0.930. The summed E-state index contributed by atoms with van der Waals surface area (Å²) in [6.45, 7) is -1.43. The number of carbonyl (C=O) groups excluding carboxylic acids is 3. The fraction of sp³-hybridized carbons (Fsp3) is 0.870. The first-order chi connectivity index (χ1) is 42.8. The molecule has 0 bridgehead atoms. The zero-order valence-electron chi connectivity index (χ0n) is 50.1. The van der Waals surface area contributed by atoms with Crippen molar-refractivity contribution in [3.05, 3.63) is 18.2 Å². The molecule has 2 heterocycles. The third-order valence-corrected chi connectivity index (χ3v) is 14.8. The minimum atomic E-state index is -8.67. The molecule has 0 spiro atoms. The van der Waals surface area contributed by atoms with Crippen LogP contribution >= 0.6 is 0 Å². The van der Waals surface area contributed by atoms with E-state index in [0.29, 0.717) is 37.9 Å². The average Bonchev–Trinajstić information content (AvgIpc) is 1.02. The minimum absolute atomic E-state index is 0.0201. The second-order valence-corrected chi connectivity index (χ2v) is 22.2. The highest BCUT2D eigenvalue weighted by molar-refractivity contribution is 5.87. The maximum atomic E-state index is 14.6. The lowest BCUT2D eigenvalue weighted by molar-refractivity contribution is -0.453. The fourth-order valence-corrected chi connectivity index (χ4v) is 9.09. The molecule has 0 aromatic carbocycles. The van der Waals surface area contributed by atoms with Crippen LogP contribution in [0.25, 0.3) is 0 Å². The number of rotatable bonds is 45. The number of amides is 3. The SMILES string of the molecule is CCCCCCCCCCCCNC(=O)[C@H](Cc1cnc[nH]1)NC(=O)CCCCCCCCCCC(F)(F)C(F)(F)C(F)(F)C(F)(F)C(F)(F)C(F)(F)C(F)(F)C(F)(F)CCCNC(=O)[C@H](O)[C@@H](O)[C@H](O[C@@H]1O[C@H](CO)[C@H](O)[C@H](O)[C@H]1O)[C@H](O)CO.O=C(O)C(F)(F)F. The van der Waals surface area contributed by atoms with E-state index in [2.05, 4.69) is 27.5 Å². The van der Waals surface area contributed by atoms with Crippen molar-refractivity contribution in [2.75, 3.05) is 26.3 Å². The normalized spacial score (nSPS) is 19.8. The molecule has 13 N–H and O–H groups in total. The van der Waals surface area contributed by atoms with Crippen molar-refractivity contribution < 1.29 is 158 Å². The van der Waals surface area contributed by atoms with Crippen LogP contribution in [0.1, 0.15) is 154 Å². The number of aromatic nitrogens is 2. The molecule has 0 aliphatic carbocycles. The first-order valence-corrected chi connectivity index (χ1v) is 29.6. The second kappa shape index (κ2) is 38.3. The number of hydrogen-bond acceptors (Lipinski definition) is 15. The first kappa shape index (κ1) is 86.4. The van der Waals surface area contributed by atoms with Crippen LogP contribution in [0.4, 0.5) is 83.4 Å². The Balaban J connectivity index is 0.00000581. The molecule has 0 unspecified atom stereocenters. The number of aliphatic carboxylic acids is 1. The van der Waals surface area contributed by atoms with Gasteiger partial charge in [0.2, 0.25) is 11.8 Å². The van der Waals surface area contributed by atoms with Gasteiger partial charge in [-0.1, -0.05) is 103 Å². The van der Waals surface area contributed by atoms with Gasteiger partial charge in [-0.05, 0) is 25.7 Å². The van der Waals surface area contributed by atoms with Crippen LogP contribution in [0.15, 0.2) is 12.5 Å². The Labute approximate surface area is 520 Å². The highest BCUT2D eigenvalue weighted by atomic mass is 19.4. The highest BCUT2D eigenvalue weighted by Gasteiger charge is 2.94. The van der Waals surface area contributed by atoms with Crippen LogP contribution in [0.2, 0.25) is 0 Å². The summed E-state index contributed by atoms with van der Waals surface area (Å²) in [7, 11) is 0. The van der Waals surface area contributed by atoms with E-state index in [1.54, 1.807) is 0 Å². The van der Waals surface area contributed by atoms with Crippen LogP contribution in [0.3, 0.4) is 0 Å². The maximum Gasteiger partial charge on any atom is 0.490 e. The summed E-state index contributed by atoms with van der Waals surface area (Å²) in [5.74, 6) is -68.6. The Kier molecular flexibility index (Phi) is 35.6. The topological polar surface area (TPSA) is 334 Å². The van der Waals surface area contributed by atoms with E-state index in [4.69, 9.17) is 19.4 Å². The summed E-state index contributed by atoms with van der Waals surface area (Å²) >= 11 is 0. The Morgan fingerprint density at radius 1 is 0.581 bits per heavy atom. The number of alkyl halides is 19. The summed E-state index contributed by atoms with van der Waals surface area (Å²) in [6.07, 6.45) is -19.5.